The Kier molecular flexibility index (Phi) is 10.0. The minimum atomic E-state index is 0. The van der Waals surface area contributed by atoms with Crippen LogP contribution in [-0.2, 0) is 4.74 Å². The van der Waals surface area contributed by atoms with Gasteiger partial charge in [-0.2, -0.15) is 0 Å². The Hall–Kier alpha value is -1.35. The first kappa shape index (κ1) is 22.9. The van der Waals surface area contributed by atoms with Crippen molar-refractivity contribution >= 4 is 35.8 Å². The van der Waals surface area contributed by atoms with E-state index in [0.29, 0.717) is 6.04 Å². The molecule has 1 saturated heterocycles. The highest BCUT2D eigenvalue weighted by Gasteiger charge is 2.21. The van der Waals surface area contributed by atoms with Crippen molar-refractivity contribution in [1.29, 1.82) is 0 Å². The predicted octanol–water partition coefficient (Wildman–Crippen LogP) is 3.27. The van der Waals surface area contributed by atoms with Crippen LogP contribution in [0, 0.1) is 6.92 Å². The van der Waals surface area contributed by atoms with Crippen molar-refractivity contribution in [3.8, 4) is 0 Å². The van der Waals surface area contributed by atoms with Crippen molar-refractivity contribution in [3.05, 3.63) is 35.5 Å². The number of aromatic nitrogens is 1. The summed E-state index contributed by atoms with van der Waals surface area (Å²) in [5, 5.41) is 7.01. The van der Waals surface area contributed by atoms with E-state index in [0.717, 1.165) is 82.5 Å². The maximum Gasteiger partial charge on any atom is 0.191 e. The van der Waals surface area contributed by atoms with Gasteiger partial charge >= 0.3 is 0 Å². The number of aryl methyl sites for hydroxylation is 1. The molecule has 0 radical (unpaired) electrons. The zero-order valence-corrected chi connectivity index (χ0v) is 19.4. The number of aliphatic imine (C=N–C) groups is 1. The van der Waals surface area contributed by atoms with Gasteiger partial charge in [0.05, 0.1) is 13.2 Å². The highest BCUT2D eigenvalue weighted by atomic mass is 127. The maximum atomic E-state index is 5.37. The van der Waals surface area contributed by atoms with Gasteiger partial charge in [0.1, 0.15) is 5.82 Å². The molecule has 2 aliphatic heterocycles. The number of halogens is 1. The van der Waals surface area contributed by atoms with Gasteiger partial charge in [-0.15, -0.1) is 24.0 Å². The monoisotopic (exact) mass is 499 g/mol. The van der Waals surface area contributed by atoms with Crippen LogP contribution in [0.3, 0.4) is 0 Å². The summed E-state index contributed by atoms with van der Waals surface area (Å²) in [7, 11) is 0. The van der Waals surface area contributed by atoms with Gasteiger partial charge in [0.2, 0.25) is 0 Å². The molecule has 3 heterocycles. The number of pyridine rings is 1. The Bertz CT molecular complexity index is 656. The maximum absolute atomic E-state index is 5.37. The lowest BCUT2D eigenvalue weighted by molar-refractivity contribution is 0.153. The molecule has 3 rings (SSSR count). The smallest absolute Gasteiger partial charge is 0.191 e. The molecule has 0 atom stereocenters. The average Bonchev–Trinajstić information content (AvgIpc) is 2.69. The van der Waals surface area contributed by atoms with Crippen LogP contribution in [-0.4, -0.2) is 56.4 Å². The molecule has 2 aliphatic rings. The van der Waals surface area contributed by atoms with Crippen LogP contribution in [0.2, 0.25) is 0 Å². The summed E-state index contributed by atoms with van der Waals surface area (Å²) < 4.78 is 5.37. The second kappa shape index (κ2) is 12.3. The number of nitrogens with one attached hydrogen (secondary N) is 2. The molecule has 0 unspecified atom stereocenters. The standard InChI is InChI=1S/C21H33N5O.HI/c1-3-22-21(23-12-7-18-10-15-27-16-11-18)25-19-8-13-26(14-9-19)20-6-4-5-17(2)24-20;/h4-6,10,19H,3,7-9,11-16H2,1-2H3,(H2,22,23,25);1H. The molecule has 0 saturated carbocycles. The van der Waals surface area contributed by atoms with Crippen molar-refractivity contribution in [3.63, 3.8) is 0 Å². The second-order valence-electron chi connectivity index (χ2n) is 7.24. The van der Waals surface area contributed by atoms with E-state index in [1.807, 2.05) is 13.0 Å². The Balaban J connectivity index is 0.00000280. The number of ether oxygens (including phenoxy) is 1. The fourth-order valence-electron chi connectivity index (χ4n) is 3.57. The van der Waals surface area contributed by atoms with Gasteiger partial charge in [-0.25, -0.2) is 4.98 Å². The number of guanidine groups is 1. The van der Waals surface area contributed by atoms with E-state index in [4.69, 9.17) is 9.73 Å². The molecule has 0 bridgehead atoms. The summed E-state index contributed by atoms with van der Waals surface area (Å²) in [6.45, 7) is 9.54. The van der Waals surface area contributed by atoms with Gasteiger partial charge in [-0.3, -0.25) is 4.99 Å². The van der Waals surface area contributed by atoms with Crippen molar-refractivity contribution in [2.45, 2.75) is 45.6 Å². The molecule has 0 aromatic carbocycles. The van der Waals surface area contributed by atoms with Crippen molar-refractivity contribution in [2.24, 2.45) is 4.99 Å². The SMILES string of the molecule is CCNC(=NCCC1=CCOCC1)NC1CCN(c2cccc(C)n2)CC1.I. The number of rotatable bonds is 6. The number of anilines is 1. The van der Waals surface area contributed by atoms with Gasteiger partial charge < -0.3 is 20.3 Å². The minimum absolute atomic E-state index is 0. The summed E-state index contributed by atoms with van der Waals surface area (Å²) in [5.74, 6) is 2.04. The lowest BCUT2D eigenvalue weighted by atomic mass is 10.1. The number of hydrogen-bond acceptors (Lipinski definition) is 4. The molecular weight excluding hydrogens is 465 g/mol. The van der Waals surface area contributed by atoms with Crippen molar-refractivity contribution in [1.82, 2.24) is 15.6 Å². The number of piperidine rings is 1. The molecule has 1 aromatic rings. The normalized spacial score (nSPS) is 18.3. The van der Waals surface area contributed by atoms with Crippen LogP contribution >= 0.6 is 24.0 Å². The molecule has 7 heteroatoms. The molecule has 6 nitrogen and oxygen atoms in total. The van der Waals surface area contributed by atoms with Crippen molar-refractivity contribution < 1.29 is 4.74 Å². The van der Waals surface area contributed by atoms with Crippen LogP contribution in [0.5, 0.6) is 0 Å². The summed E-state index contributed by atoms with van der Waals surface area (Å²) >= 11 is 0. The highest BCUT2D eigenvalue weighted by Crippen LogP contribution is 2.18. The lowest BCUT2D eigenvalue weighted by Gasteiger charge is -2.34. The fourth-order valence-corrected chi connectivity index (χ4v) is 3.57. The highest BCUT2D eigenvalue weighted by molar-refractivity contribution is 14.0. The van der Waals surface area contributed by atoms with Crippen LogP contribution < -0.4 is 15.5 Å². The Morgan fingerprint density at radius 3 is 2.82 bits per heavy atom. The molecular formula is C21H34IN5O. The molecule has 0 amide bonds. The molecule has 2 N–H and O–H groups in total. The average molecular weight is 499 g/mol. The quantitative estimate of drug-likeness (QED) is 0.272. The van der Waals surface area contributed by atoms with Crippen molar-refractivity contribution in [2.75, 3.05) is 44.3 Å². The number of hydrogen-bond donors (Lipinski definition) is 2. The van der Waals surface area contributed by atoms with Gasteiger partial charge in [0.25, 0.3) is 0 Å². The van der Waals surface area contributed by atoms with E-state index in [-0.39, 0.29) is 24.0 Å². The third-order valence-corrected chi connectivity index (χ3v) is 5.14. The minimum Gasteiger partial charge on any atom is -0.377 e. The zero-order chi connectivity index (χ0) is 18.9. The second-order valence-corrected chi connectivity index (χ2v) is 7.24. The van der Waals surface area contributed by atoms with Gasteiger partial charge in [-0.05, 0) is 51.7 Å². The van der Waals surface area contributed by atoms with Crippen LogP contribution in [0.1, 0.15) is 38.3 Å². The van der Waals surface area contributed by atoms with Crippen LogP contribution in [0.15, 0.2) is 34.8 Å². The number of nitrogens with zero attached hydrogens (tertiary/aromatic N) is 3. The van der Waals surface area contributed by atoms with Crippen LogP contribution in [0.25, 0.3) is 0 Å². The summed E-state index contributed by atoms with van der Waals surface area (Å²) in [5.41, 5.74) is 2.55. The first-order valence-corrected chi connectivity index (χ1v) is 10.2. The fraction of sp³-hybridized carbons (Fsp3) is 0.619. The van der Waals surface area contributed by atoms with Gasteiger partial charge in [-0.1, -0.05) is 17.7 Å². The van der Waals surface area contributed by atoms with E-state index in [1.54, 1.807) is 0 Å². The molecule has 1 aromatic heterocycles. The van der Waals surface area contributed by atoms with E-state index in [2.05, 4.69) is 45.6 Å². The van der Waals surface area contributed by atoms with E-state index < -0.39 is 0 Å². The van der Waals surface area contributed by atoms with Gasteiger partial charge in [0.15, 0.2) is 5.96 Å². The topological polar surface area (TPSA) is 61.8 Å². The predicted molar refractivity (Wildman–Crippen MR) is 127 cm³/mol. The summed E-state index contributed by atoms with van der Waals surface area (Å²) in [4.78, 5) is 11.8. The van der Waals surface area contributed by atoms with Gasteiger partial charge in [0, 0.05) is 37.9 Å². The molecule has 28 heavy (non-hydrogen) atoms. The first-order chi connectivity index (χ1) is 13.2. The third kappa shape index (κ3) is 7.24. The summed E-state index contributed by atoms with van der Waals surface area (Å²) in [6.07, 6.45) is 6.47. The summed E-state index contributed by atoms with van der Waals surface area (Å²) in [6, 6.07) is 6.71. The molecule has 0 spiro atoms. The Morgan fingerprint density at radius 1 is 1.32 bits per heavy atom. The van der Waals surface area contributed by atoms with E-state index in [9.17, 15) is 0 Å². The third-order valence-electron chi connectivity index (χ3n) is 5.14. The largest absolute Gasteiger partial charge is 0.377 e. The first-order valence-electron chi connectivity index (χ1n) is 10.2. The van der Waals surface area contributed by atoms with E-state index in [1.165, 1.54) is 5.57 Å². The van der Waals surface area contributed by atoms with Crippen LogP contribution in [0.4, 0.5) is 5.82 Å². The molecule has 0 aliphatic carbocycles. The zero-order valence-electron chi connectivity index (χ0n) is 17.1. The molecule has 1 fully saturated rings. The van der Waals surface area contributed by atoms with E-state index >= 15 is 0 Å². The molecule has 156 valence electrons. The Morgan fingerprint density at radius 2 is 2.14 bits per heavy atom. The lowest BCUT2D eigenvalue weighted by Crippen LogP contribution is -2.49. The Labute approximate surface area is 186 Å².